The zero-order chi connectivity index (χ0) is 22.3. The molecule has 1 unspecified atom stereocenters. The van der Waals surface area contributed by atoms with E-state index >= 15 is 0 Å². The van der Waals surface area contributed by atoms with Gasteiger partial charge in [0.2, 0.25) is 5.69 Å². The molecule has 1 aliphatic rings. The molecule has 1 atom stereocenters. The van der Waals surface area contributed by atoms with Gasteiger partial charge in [-0.2, -0.15) is 13.2 Å². The molecule has 0 saturated heterocycles. The maximum absolute atomic E-state index is 13.1. The highest BCUT2D eigenvalue weighted by atomic mass is 35.5. The highest BCUT2D eigenvalue weighted by Crippen LogP contribution is 2.36. The van der Waals surface area contributed by atoms with Crippen molar-refractivity contribution in [1.29, 1.82) is 0 Å². The summed E-state index contributed by atoms with van der Waals surface area (Å²) < 4.78 is 53.6. The number of rotatable bonds is 3. The fraction of sp³-hybridized carbons (Fsp3) is 0.200. The van der Waals surface area contributed by atoms with Gasteiger partial charge in [0.15, 0.2) is 5.82 Å². The number of hydrogen-bond acceptors (Lipinski definition) is 3. The summed E-state index contributed by atoms with van der Waals surface area (Å²) in [6.45, 7) is -1.75. The Hall–Kier alpha value is -2.20. The van der Waals surface area contributed by atoms with E-state index in [9.17, 15) is 22.5 Å². The lowest BCUT2D eigenvalue weighted by Crippen LogP contribution is -2.40. The molecule has 1 aliphatic heterocycles. The van der Waals surface area contributed by atoms with Gasteiger partial charge in [0, 0.05) is 21.8 Å². The van der Waals surface area contributed by atoms with Crippen LogP contribution in [0.25, 0.3) is 17.1 Å². The van der Waals surface area contributed by atoms with Crippen LogP contribution in [0.3, 0.4) is 0 Å². The lowest BCUT2D eigenvalue weighted by Gasteiger charge is -2.20. The Morgan fingerprint density at radius 3 is 2.42 bits per heavy atom. The van der Waals surface area contributed by atoms with Crippen LogP contribution in [0.1, 0.15) is 10.5 Å². The third kappa shape index (κ3) is 4.41. The largest absolute Gasteiger partial charge is 0.610 e. The summed E-state index contributed by atoms with van der Waals surface area (Å²) in [5.74, 6) is -0.886. The van der Waals surface area contributed by atoms with E-state index in [1.807, 2.05) is 0 Å². The standard InChI is InChI=1S/C20H14Cl2F3N3O2S/c21-12-5-7-13(8-6-12)28-17(14-3-1-2-4-15(14)22)26-16-18(29)27(11-20(23,24)25)9-10-31(30)19(16)28/h1-8H,9-11H2. The van der Waals surface area contributed by atoms with Gasteiger partial charge in [-0.3, -0.25) is 9.36 Å². The summed E-state index contributed by atoms with van der Waals surface area (Å²) in [5.41, 5.74) is 0.655. The van der Waals surface area contributed by atoms with Crippen LogP contribution in [0.2, 0.25) is 10.0 Å². The van der Waals surface area contributed by atoms with Crippen LogP contribution in [0.5, 0.6) is 0 Å². The van der Waals surface area contributed by atoms with Gasteiger partial charge in [0.1, 0.15) is 12.3 Å². The number of carbonyl (C=O) groups is 1. The van der Waals surface area contributed by atoms with Gasteiger partial charge in [0.05, 0.1) is 17.3 Å². The van der Waals surface area contributed by atoms with Crippen LogP contribution < -0.4 is 0 Å². The minimum absolute atomic E-state index is 0.0342. The molecular formula is C20H14Cl2F3N3O2S. The van der Waals surface area contributed by atoms with Crippen molar-refractivity contribution in [2.24, 2.45) is 0 Å². The van der Waals surface area contributed by atoms with Crippen molar-refractivity contribution in [1.82, 2.24) is 14.5 Å². The number of aromatic nitrogens is 2. The van der Waals surface area contributed by atoms with E-state index in [1.54, 1.807) is 48.5 Å². The van der Waals surface area contributed by atoms with E-state index in [0.717, 1.165) is 0 Å². The van der Waals surface area contributed by atoms with Crippen molar-refractivity contribution < 1.29 is 22.5 Å². The molecule has 11 heteroatoms. The summed E-state index contributed by atoms with van der Waals surface area (Å²) in [5, 5.41) is 0.818. The summed E-state index contributed by atoms with van der Waals surface area (Å²) >= 11 is 10.5. The van der Waals surface area contributed by atoms with Crippen molar-refractivity contribution in [3.05, 3.63) is 64.3 Å². The van der Waals surface area contributed by atoms with E-state index in [0.29, 0.717) is 26.2 Å². The average molecular weight is 488 g/mol. The first-order chi connectivity index (χ1) is 14.7. The third-order valence-corrected chi connectivity index (χ3v) is 6.60. The van der Waals surface area contributed by atoms with Gasteiger partial charge in [-0.05, 0) is 36.4 Å². The molecule has 0 radical (unpaired) electrons. The van der Waals surface area contributed by atoms with Gasteiger partial charge < -0.3 is 9.45 Å². The molecule has 2 aromatic carbocycles. The number of imidazole rings is 1. The fourth-order valence-electron chi connectivity index (χ4n) is 3.32. The molecular weight excluding hydrogens is 474 g/mol. The number of amides is 1. The van der Waals surface area contributed by atoms with Gasteiger partial charge >= 0.3 is 6.18 Å². The van der Waals surface area contributed by atoms with Crippen LogP contribution in [-0.2, 0) is 11.2 Å². The molecule has 2 heterocycles. The van der Waals surface area contributed by atoms with Crippen LogP contribution in [-0.4, -0.2) is 49.9 Å². The van der Waals surface area contributed by atoms with E-state index in [1.165, 1.54) is 4.57 Å². The molecule has 3 aromatic rings. The number of carbonyl (C=O) groups excluding carboxylic acids is 1. The average Bonchev–Trinajstić information content (AvgIpc) is 3.06. The Balaban J connectivity index is 1.96. The smallest absolute Gasteiger partial charge is 0.406 e. The first-order valence-electron chi connectivity index (χ1n) is 9.03. The van der Waals surface area contributed by atoms with Gasteiger partial charge in [-0.15, -0.1) is 0 Å². The highest BCUT2D eigenvalue weighted by Gasteiger charge is 2.42. The van der Waals surface area contributed by atoms with Crippen molar-refractivity contribution >= 4 is 40.3 Å². The topological polar surface area (TPSA) is 61.2 Å². The highest BCUT2D eigenvalue weighted by molar-refractivity contribution is 7.91. The Bertz CT molecular complexity index is 1140. The van der Waals surface area contributed by atoms with Crippen molar-refractivity contribution in [2.45, 2.75) is 11.2 Å². The normalized spacial score (nSPS) is 16.9. The van der Waals surface area contributed by atoms with Crippen molar-refractivity contribution in [3.8, 4) is 17.1 Å². The summed E-state index contributed by atoms with van der Waals surface area (Å²) in [6, 6.07) is 13.2. The zero-order valence-corrected chi connectivity index (χ0v) is 18.0. The number of alkyl halides is 3. The first kappa shape index (κ1) is 22.0. The predicted molar refractivity (Wildman–Crippen MR) is 112 cm³/mol. The SMILES string of the molecule is O=C1c2nc(-c3ccccc3Cl)n(-c3ccc(Cl)cc3)c2[S+]([O-])CCN1CC(F)(F)F. The fourth-order valence-corrected chi connectivity index (χ4v) is 4.99. The van der Waals surface area contributed by atoms with E-state index < -0.39 is 29.8 Å². The van der Waals surface area contributed by atoms with Gasteiger partial charge in [-0.25, -0.2) is 4.98 Å². The number of hydrogen-bond donors (Lipinski definition) is 0. The zero-order valence-electron chi connectivity index (χ0n) is 15.7. The van der Waals surface area contributed by atoms with E-state index in [4.69, 9.17) is 23.2 Å². The number of halogens is 5. The second kappa shape index (κ2) is 8.38. The molecule has 1 aromatic heterocycles. The maximum Gasteiger partial charge on any atom is 0.406 e. The molecule has 0 fully saturated rings. The van der Waals surface area contributed by atoms with Crippen molar-refractivity contribution in [2.75, 3.05) is 18.8 Å². The maximum atomic E-state index is 13.1. The molecule has 1 amide bonds. The van der Waals surface area contributed by atoms with Crippen molar-refractivity contribution in [3.63, 3.8) is 0 Å². The van der Waals surface area contributed by atoms with Crippen LogP contribution in [0, 0.1) is 0 Å². The first-order valence-corrected chi connectivity index (χ1v) is 11.1. The molecule has 0 aliphatic carbocycles. The number of fused-ring (bicyclic) bond motifs is 1. The Labute approximate surface area is 188 Å². The quantitative estimate of drug-likeness (QED) is 0.489. The summed E-state index contributed by atoms with van der Waals surface area (Å²) in [7, 11) is 0. The van der Waals surface area contributed by atoms with E-state index in [-0.39, 0.29) is 28.8 Å². The Kier molecular flexibility index (Phi) is 5.95. The Morgan fingerprint density at radius 2 is 1.77 bits per heavy atom. The van der Waals surface area contributed by atoms with Crippen LogP contribution in [0.4, 0.5) is 13.2 Å². The summed E-state index contributed by atoms with van der Waals surface area (Å²) in [4.78, 5) is 18.0. The predicted octanol–water partition coefficient (Wildman–Crippen LogP) is 4.97. The molecule has 162 valence electrons. The third-order valence-electron chi connectivity index (χ3n) is 4.66. The minimum Gasteiger partial charge on any atom is -0.610 e. The minimum atomic E-state index is -4.59. The van der Waals surface area contributed by atoms with Crippen LogP contribution >= 0.6 is 23.2 Å². The lowest BCUT2D eigenvalue weighted by atomic mass is 10.2. The molecule has 0 spiro atoms. The second-order valence-corrected chi connectivity index (χ2v) is 9.10. The number of nitrogens with zero attached hydrogens (tertiary/aromatic N) is 3. The summed E-state index contributed by atoms with van der Waals surface area (Å²) in [6.07, 6.45) is -4.59. The number of benzene rings is 2. The van der Waals surface area contributed by atoms with Gasteiger partial charge in [-0.1, -0.05) is 35.3 Å². The molecule has 4 rings (SSSR count). The molecule has 0 N–H and O–H groups in total. The Morgan fingerprint density at radius 1 is 1.10 bits per heavy atom. The second-order valence-electron chi connectivity index (χ2n) is 6.77. The molecule has 31 heavy (non-hydrogen) atoms. The molecule has 5 nitrogen and oxygen atoms in total. The lowest BCUT2D eigenvalue weighted by molar-refractivity contribution is -0.140. The molecule has 0 saturated carbocycles. The van der Waals surface area contributed by atoms with E-state index in [2.05, 4.69) is 4.98 Å². The monoisotopic (exact) mass is 487 g/mol. The van der Waals surface area contributed by atoms with Gasteiger partial charge in [0.25, 0.3) is 10.9 Å². The van der Waals surface area contributed by atoms with Crippen LogP contribution in [0.15, 0.2) is 53.6 Å². The molecule has 0 bridgehead atoms.